The Morgan fingerprint density at radius 3 is 2.26 bits per heavy atom. The molecule has 1 heterocycles. The number of anilines is 2. The number of methoxy groups -OCH3 is 2. The van der Waals surface area contributed by atoms with Crippen LogP contribution in [-0.2, 0) is 10.0 Å². The fourth-order valence-electron chi connectivity index (χ4n) is 3.71. The molecule has 0 bridgehead atoms. The van der Waals surface area contributed by atoms with Crippen molar-refractivity contribution in [2.75, 3.05) is 56.1 Å². The Kier molecular flexibility index (Phi) is 10.0. The number of benzene rings is 2. The normalized spacial score (nSPS) is 13.9. The van der Waals surface area contributed by atoms with E-state index in [0.29, 0.717) is 30.9 Å². The van der Waals surface area contributed by atoms with Crippen molar-refractivity contribution in [3.63, 3.8) is 0 Å². The summed E-state index contributed by atoms with van der Waals surface area (Å²) >= 11 is 0. The highest BCUT2D eigenvalue weighted by Crippen LogP contribution is 2.37. The topological polar surface area (TPSA) is 80.3 Å². The van der Waals surface area contributed by atoms with Crippen LogP contribution in [0.2, 0.25) is 0 Å². The predicted octanol–water partition coefficient (Wildman–Crippen LogP) is 3.74. The van der Waals surface area contributed by atoms with E-state index in [1.165, 1.54) is 35.7 Å². The summed E-state index contributed by atoms with van der Waals surface area (Å²) in [5.74, 6) is 0.422. The SMILES string of the molecule is CCCN(c1ccc(OC)c(OC(F)F)c1)S(=O)(=O)c1ccc(OC)c(N2CCNCC2)c1.Cl. The van der Waals surface area contributed by atoms with E-state index in [-0.39, 0.29) is 41.0 Å². The molecule has 0 radical (unpaired) electrons. The second-order valence-electron chi connectivity index (χ2n) is 7.36. The smallest absolute Gasteiger partial charge is 0.387 e. The minimum Gasteiger partial charge on any atom is -0.495 e. The number of nitrogens with zero attached hydrogens (tertiary/aromatic N) is 2. The van der Waals surface area contributed by atoms with Crippen molar-refractivity contribution < 1.29 is 31.4 Å². The van der Waals surface area contributed by atoms with E-state index >= 15 is 0 Å². The van der Waals surface area contributed by atoms with Crippen LogP contribution in [0.4, 0.5) is 20.2 Å². The zero-order valence-corrected chi connectivity index (χ0v) is 20.9. The second kappa shape index (κ2) is 12.3. The molecule has 0 atom stereocenters. The third kappa shape index (κ3) is 6.13. The van der Waals surface area contributed by atoms with Crippen molar-refractivity contribution in [1.29, 1.82) is 0 Å². The first-order valence-corrected chi connectivity index (χ1v) is 12.0. The monoisotopic (exact) mass is 521 g/mol. The van der Waals surface area contributed by atoms with Gasteiger partial charge in [-0.25, -0.2) is 8.42 Å². The zero-order chi connectivity index (χ0) is 24.0. The first-order valence-electron chi connectivity index (χ1n) is 10.6. The van der Waals surface area contributed by atoms with Gasteiger partial charge in [0, 0.05) is 38.8 Å². The Labute approximate surface area is 205 Å². The van der Waals surface area contributed by atoms with Crippen LogP contribution in [0.5, 0.6) is 17.2 Å². The van der Waals surface area contributed by atoms with E-state index in [1.54, 1.807) is 19.2 Å². The number of sulfonamides is 1. The molecule has 2 aromatic carbocycles. The summed E-state index contributed by atoms with van der Waals surface area (Å²) in [6.07, 6.45) is 0.511. The number of hydrogen-bond donors (Lipinski definition) is 1. The lowest BCUT2D eigenvalue weighted by Crippen LogP contribution is -2.43. The molecule has 12 heteroatoms. The molecule has 0 saturated carbocycles. The summed E-state index contributed by atoms with van der Waals surface area (Å²) in [6.45, 7) is 1.90. The van der Waals surface area contributed by atoms with E-state index < -0.39 is 16.6 Å². The lowest BCUT2D eigenvalue weighted by molar-refractivity contribution is -0.0511. The molecule has 190 valence electrons. The van der Waals surface area contributed by atoms with Crippen molar-refractivity contribution in [3.05, 3.63) is 36.4 Å². The highest BCUT2D eigenvalue weighted by molar-refractivity contribution is 7.92. The maximum Gasteiger partial charge on any atom is 0.387 e. The van der Waals surface area contributed by atoms with Crippen LogP contribution in [0.1, 0.15) is 13.3 Å². The number of rotatable bonds is 10. The standard InChI is InChI=1S/C22H29F2N3O5S.ClH/c1-4-11-27(16-5-7-20(31-3)21(14-16)32-22(23)24)33(28,29)17-6-8-19(30-2)18(15-17)26-12-9-25-10-13-26;/h5-8,14-15,22,25H,4,9-13H2,1-3H3;1H. The van der Waals surface area contributed by atoms with Gasteiger partial charge in [0.2, 0.25) is 0 Å². The molecule has 1 aliphatic heterocycles. The average Bonchev–Trinajstić information content (AvgIpc) is 2.82. The number of ether oxygens (including phenoxy) is 3. The predicted molar refractivity (Wildman–Crippen MR) is 130 cm³/mol. The molecule has 0 aromatic heterocycles. The molecule has 1 N–H and O–H groups in total. The summed E-state index contributed by atoms with van der Waals surface area (Å²) < 4.78 is 69.4. The van der Waals surface area contributed by atoms with Gasteiger partial charge < -0.3 is 24.4 Å². The summed E-state index contributed by atoms with van der Waals surface area (Å²) in [4.78, 5) is 2.15. The van der Waals surface area contributed by atoms with E-state index in [2.05, 4.69) is 15.0 Å². The van der Waals surface area contributed by atoms with Gasteiger partial charge in [-0.1, -0.05) is 6.92 Å². The Bertz CT molecular complexity index is 1050. The number of nitrogens with one attached hydrogen (secondary N) is 1. The average molecular weight is 522 g/mol. The van der Waals surface area contributed by atoms with Crippen molar-refractivity contribution in [3.8, 4) is 17.2 Å². The van der Waals surface area contributed by atoms with Crippen molar-refractivity contribution >= 4 is 33.8 Å². The Balaban J connectivity index is 0.00000408. The number of alkyl halides is 2. The van der Waals surface area contributed by atoms with Gasteiger partial charge in [0.15, 0.2) is 11.5 Å². The van der Waals surface area contributed by atoms with E-state index in [0.717, 1.165) is 13.1 Å². The Morgan fingerprint density at radius 1 is 1.03 bits per heavy atom. The van der Waals surface area contributed by atoms with Gasteiger partial charge in [-0.3, -0.25) is 4.31 Å². The van der Waals surface area contributed by atoms with Crippen LogP contribution in [-0.4, -0.2) is 62.0 Å². The number of hydrogen-bond acceptors (Lipinski definition) is 7. The molecule has 0 aliphatic carbocycles. The number of piperazine rings is 1. The summed E-state index contributed by atoms with van der Waals surface area (Å²) in [5, 5.41) is 3.27. The van der Waals surface area contributed by atoms with Gasteiger partial charge in [0.05, 0.1) is 30.5 Å². The molecule has 8 nitrogen and oxygen atoms in total. The van der Waals surface area contributed by atoms with Gasteiger partial charge in [0.1, 0.15) is 5.75 Å². The Morgan fingerprint density at radius 2 is 1.68 bits per heavy atom. The van der Waals surface area contributed by atoms with Gasteiger partial charge in [-0.05, 0) is 36.8 Å². The molecule has 34 heavy (non-hydrogen) atoms. The van der Waals surface area contributed by atoms with Gasteiger partial charge in [-0.2, -0.15) is 8.78 Å². The van der Waals surface area contributed by atoms with Crippen LogP contribution >= 0.6 is 12.4 Å². The van der Waals surface area contributed by atoms with Crippen LogP contribution < -0.4 is 28.7 Å². The summed E-state index contributed by atoms with van der Waals surface area (Å²) in [5.41, 5.74) is 0.890. The number of halogens is 3. The molecule has 1 aliphatic rings. The van der Waals surface area contributed by atoms with Gasteiger partial charge in [0.25, 0.3) is 10.0 Å². The van der Waals surface area contributed by atoms with Crippen LogP contribution in [0, 0.1) is 0 Å². The maximum absolute atomic E-state index is 13.7. The van der Waals surface area contributed by atoms with Gasteiger partial charge in [-0.15, -0.1) is 12.4 Å². The minimum atomic E-state index is -4.02. The summed E-state index contributed by atoms with van der Waals surface area (Å²) in [6, 6.07) is 8.88. The van der Waals surface area contributed by atoms with Crippen LogP contribution in [0.25, 0.3) is 0 Å². The van der Waals surface area contributed by atoms with Crippen molar-refractivity contribution in [2.45, 2.75) is 24.9 Å². The molecular formula is C22H30ClF2N3O5S. The van der Waals surface area contributed by atoms with Crippen LogP contribution in [0.3, 0.4) is 0 Å². The fraction of sp³-hybridized carbons (Fsp3) is 0.455. The summed E-state index contributed by atoms with van der Waals surface area (Å²) in [7, 11) is -1.15. The lowest BCUT2D eigenvalue weighted by Gasteiger charge is -2.31. The third-order valence-corrected chi connectivity index (χ3v) is 7.10. The highest BCUT2D eigenvalue weighted by atomic mass is 35.5. The largest absolute Gasteiger partial charge is 0.495 e. The van der Waals surface area contributed by atoms with Crippen LogP contribution in [0.15, 0.2) is 41.3 Å². The molecule has 1 saturated heterocycles. The molecule has 0 spiro atoms. The molecular weight excluding hydrogens is 492 g/mol. The molecule has 3 rings (SSSR count). The first kappa shape index (κ1) is 27.7. The molecule has 1 fully saturated rings. The highest BCUT2D eigenvalue weighted by Gasteiger charge is 2.28. The minimum absolute atomic E-state index is 0. The van der Waals surface area contributed by atoms with Crippen molar-refractivity contribution in [2.24, 2.45) is 0 Å². The first-order chi connectivity index (χ1) is 15.8. The zero-order valence-electron chi connectivity index (χ0n) is 19.3. The second-order valence-corrected chi connectivity index (χ2v) is 9.22. The van der Waals surface area contributed by atoms with Gasteiger partial charge >= 0.3 is 6.61 Å². The van der Waals surface area contributed by atoms with E-state index in [4.69, 9.17) is 9.47 Å². The molecule has 2 aromatic rings. The quantitative estimate of drug-likeness (QED) is 0.510. The maximum atomic E-state index is 13.7. The van der Waals surface area contributed by atoms with E-state index in [1.807, 2.05) is 6.92 Å². The van der Waals surface area contributed by atoms with Crippen molar-refractivity contribution in [1.82, 2.24) is 5.32 Å². The molecule has 0 unspecified atom stereocenters. The lowest BCUT2D eigenvalue weighted by atomic mass is 10.2. The van der Waals surface area contributed by atoms with E-state index in [9.17, 15) is 17.2 Å². The fourth-order valence-corrected chi connectivity index (χ4v) is 5.28. The molecule has 0 amide bonds. The Hall–Kier alpha value is -2.50. The third-order valence-electron chi connectivity index (χ3n) is 5.27.